The van der Waals surface area contributed by atoms with Gasteiger partial charge in [0.2, 0.25) is 15.9 Å². The maximum Gasteiger partial charge on any atom is 0.258 e. The molecule has 314 valence electrons. The van der Waals surface area contributed by atoms with Crippen LogP contribution in [0.15, 0.2) is 42.6 Å². The van der Waals surface area contributed by atoms with E-state index in [0.717, 1.165) is 115 Å². The summed E-state index contributed by atoms with van der Waals surface area (Å²) < 4.78 is 38.0. The molecule has 0 spiro atoms. The molecule has 2 bridgehead atoms. The largest absolute Gasteiger partial charge is 0.497 e. The molecule has 4 aromatic rings. The Balaban J connectivity index is 1.23. The number of hydrogen-bond acceptors (Lipinski definition) is 8. The van der Waals surface area contributed by atoms with Gasteiger partial charge >= 0.3 is 0 Å². The molecule has 2 unspecified atom stereocenters. The van der Waals surface area contributed by atoms with Crippen LogP contribution in [0, 0.1) is 0 Å². The van der Waals surface area contributed by atoms with Crippen LogP contribution in [-0.2, 0) is 27.8 Å². The number of aromatic nitrogens is 3. The molecule has 1 saturated carbocycles. The molecule has 2 aromatic carbocycles. The summed E-state index contributed by atoms with van der Waals surface area (Å²) in [6, 6.07) is 13.1. The number of ether oxygens (including phenoxy) is 1. The van der Waals surface area contributed by atoms with Crippen molar-refractivity contribution in [2.45, 2.75) is 114 Å². The lowest BCUT2D eigenvalue weighted by atomic mass is 9.81. The monoisotopic (exact) mass is 821 g/mol. The van der Waals surface area contributed by atoms with E-state index in [9.17, 15) is 13.2 Å². The summed E-state index contributed by atoms with van der Waals surface area (Å²) in [5, 5.41) is 5.56. The minimum absolute atomic E-state index is 0.0629. The number of likely N-dealkylation sites (N-methyl/N-ethyl adjacent to an activating group) is 1. The van der Waals surface area contributed by atoms with Crippen molar-refractivity contribution in [3.8, 4) is 17.0 Å². The van der Waals surface area contributed by atoms with Gasteiger partial charge in [-0.3, -0.25) is 19.0 Å². The van der Waals surface area contributed by atoms with Gasteiger partial charge in [-0.15, -0.1) is 0 Å². The predicted molar refractivity (Wildman–Crippen MR) is 232 cm³/mol. The second-order valence-electron chi connectivity index (χ2n) is 18.2. The van der Waals surface area contributed by atoms with Crippen molar-refractivity contribution in [2.24, 2.45) is 0 Å². The third kappa shape index (κ3) is 7.41. The van der Waals surface area contributed by atoms with E-state index >= 15 is 4.79 Å². The molecule has 6 heterocycles. The Morgan fingerprint density at radius 3 is 2.31 bits per heavy atom. The zero-order chi connectivity index (χ0) is 41.2. The normalized spacial score (nSPS) is 22.0. The number of allylic oxidation sites excluding steroid dienone is 1. The van der Waals surface area contributed by atoms with Crippen LogP contribution in [0.5, 0.6) is 5.75 Å². The molecule has 1 N–H and O–H groups in total. The lowest BCUT2D eigenvalue weighted by molar-refractivity contribution is -0.118. The fraction of sp³-hybridized carbons (Fsp3) is 0.543. The second-order valence-corrected chi connectivity index (χ2v) is 20.4. The van der Waals surface area contributed by atoms with Crippen LogP contribution in [0.1, 0.15) is 116 Å². The Bertz CT molecular complexity index is 2400. The minimum atomic E-state index is -3.77. The number of benzene rings is 2. The molecule has 59 heavy (non-hydrogen) atoms. The van der Waals surface area contributed by atoms with Crippen molar-refractivity contribution in [1.82, 2.24) is 33.8 Å². The molecule has 9 rings (SSSR count). The summed E-state index contributed by atoms with van der Waals surface area (Å²) in [6.45, 7) is 7.29. The van der Waals surface area contributed by atoms with Gasteiger partial charge in [0.25, 0.3) is 5.91 Å². The number of nitrogens with zero attached hydrogens (tertiary/aromatic N) is 6. The van der Waals surface area contributed by atoms with Gasteiger partial charge in [0, 0.05) is 41.6 Å². The van der Waals surface area contributed by atoms with E-state index in [1.807, 2.05) is 18.3 Å². The van der Waals surface area contributed by atoms with E-state index in [4.69, 9.17) is 9.84 Å². The number of amides is 2. The first-order valence-corrected chi connectivity index (χ1v) is 23.3. The highest BCUT2D eigenvalue weighted by Crippen LogP contribution is 2.48. The molecule has 2 atom stereocenters. The number of nitrogens with one attached hydrogen (secondary N) is 1. The van der Waals surface area contributed by atoms with Gasteiger partial charge in [-0.25, -0.2) is 8.42 Å². The lowest BCUT2D eigenvalue weighted by Crippen LogP contribution is -2.54. The highest BCUT2D eigenvalue weighted by molar-refractivity contribution is 7.90. The standard InChI is InChI=1S/C46H59N7O5S/c1-29(2)59(56,57)48-42(54)22-30-11-15-39-41(21-30)51-26-33(23-32-24-37(58-5)14-16-38(32)45(51)43(39)31-9-7-6-8-10-31)44-40(25-47-53(44)34-17-19-49(3)20-18-34)46(55)52-35-12-13-36(52)28-50(4)27-35/h11,14-16,21,23-25,29,31,34-36H,6-10,12-13,17-20,22,26-28H2,1-5H3,(H,48,54). The summed E-state index contributed by atoms with van der Waals surface area (Å²) in [7, 11) is 2.26. The van der Waals surface area contributed by atoms with E-state index < -0.39 is 21.2 Å². The van der Waals surface area contributed by atoms with Gasteiger partial charge in [-0.1, -0.05) is 31.4 Å². The maximum absolute atomic E-state index is 15.1. The first-order chi connectivity index (χ1) is 28.4. The minimum Gasteiger partial charge on any atom is -0.497 e. The Labute approximate surface area is 348 Å². The Hall–Kier alpha value is -4.46. The van der Waals surface area contributed by atoms with Crippen LogP contribution in [0.2, 0.25) is 0 Å². The molecule has 1 aliphatic carbocycles. The number of piperidine rings is 1. The number of sulfonamides is 1. The van der Waals surface area contributed by atoms with Crippen molar-refractivity contribution in [3.05, 3.63) is 70.5 Å². The highest BCUT2D eigenvalue weighted by atomic mass is 32.2. The van der Waals surface area contributed by atoms with Crippen LogP contribution >= 0.6 is 0 Å². The predicted octanol–water partition coefficient (Wildman–Crippen LogP) is 6.70. The molecule has 3 saturated heterocycles. The number of likely N-dealkylation sites (tertiary alicyclic amines) is 2. The van der Waals surface area contributed by atoms with Crippen molar-refractivity contribution in [1.29, 1.82) is 0 Å². The average Bonchev–Trinajstić information content (AvgIpc) is 3.84. The number of piperazine rings is 1. The quantitative estimate of drug-likeness (QED) is 0.198. The fourth-order valence-electron chi connectivity index (χ4n) is 10.8. The van der Waals surface area contributed by atoms with E-state index in [0.29, 0.717) is 18.0 Å². The molecule has 13 heteroatoms. The number of fused-ring (bicyclic) bond motifs is 7. The number of carbonyl (C=O) groups is 2. The Morgan fingerprint density at radius 2 is 1.61 bits per heavy atom. The fourth-order valence-corrected chi connectivity index (χ4v) is 11.4. The van der Waals surface area contributed by atoms with E-state index in [1.165, 1.54) is 24.8 Å². The summed E-state index contributed by atoms with van der Waals surface area (Å²) >= 11 is 0. The molecule has 2 aromatic heterocycles. The van der Waals surface area contributed by atoms with Crippen LogP contribution in [0.4, 0.5) is 0 Å². The maximum atomic E-state index is 15.1. The van der Waals surface area contributed by atoms with Gasteiger partial charge < -0.3 is 24.0 Å². The number of rotatable bonds is 9. The third-order valence-corrected chi connectivity index (χ3v) is 15.6. The van der Waals surface area contributed by atoms with Crippen molar-refractivity contribution in [3.63, 3.8) is 0 Å². The zero-order valence-corrected chi connectivity index (χ0v) is 36.1. The first-order valence-electron chi connectivity index (χ1n) is 21.8. The van der Waals surface area contributed by atoms with Gasteiger partial charge in [-0.2, -0.15) is 5.10 Å². The molecule has 2 amide bonds. The van der Waals surface area contributed by atoms with Crippen LogP contribution in [0.3, 0.4) is 0 Å². The molecule has 4 aliphatic heterocycles. The molecule has 12 nitrogen and oxygen atoms in total. The molecule has 5 aliphatic rings. The van der Waals surface area contributed by atoms with Crippen LogP contribution in [-0.4, -0.2) is 114 Å². The smallest absolute Gasteiger partial charge is 0.258 e. The van der Waals surface area contributed by atoms with E-state index in [2.05, 4.69) is 73.1 Å². The zero-order valence-electron chi connectivity index (χ0n) is 35.2. The third-order valence-electron chi connectivity index (χ3n) is 13.9. The Morgan fingerprint density at radius 1 is 0.881 bits per heavy atom. The number of methoxy groups -OCH3 is 1. The second kappa shape index (κ2) is 15.9. The van der Waals surface area contributed by atoms with Crippen molar-refractivity contribution in [2.75, 3.05) is 47.4 Å². The van der Waals surface area contributed by atoms with Gasteiger partial charge in [0.1, 0.15) is 5.75 Å². The first kappa shape index (κ1) is 40.0. The summed E-state index contributed by atoms with van der Waals surface area (Å²) in [5.41, 5.74) is 8.94. The summed E-state index contributed by atoms with van der Waals surface area (Å²) in [4.78, 5) is 35.2. The van der Waals surface area contributed by atoms with Crippen LogP contribution in [0.25, 0.3) is 33.8 Å². The summed E-state index contributed by atoms with van der Waals surface area (Å²) in [5.74, 6) is 0.649. The Kier molecular flexibility index (Phi) is 10.7. The average molecular weight is 822 g/mol. The van der Waals surface area contributed by atoms with E-state index in [1.54, 1.807) is 21.0 Å². The highest BCUT2D eigenvalue weighted by Gasteiger charge is 2.43. The number of carbonyl (C=O) groups excluding carboxylic acids is 2. The van der Waals surface area contributed by atoms with Gasteiger partial charge in [-0.05, 0) is 138 Å². The molecular formula is C46H59N7O5S. The van der Waals surface area contributed by atoms with E-state index in [-0.39, 0.29) is 30.5 Å². The van der Waals surface area contributed by atoms with Crippen molar-refractivity contribution >= 4 is 44.4 Å². The summed E-state index contributed by atoms with van der Waals surface area (Å²) in [6.07, 6.45) is 13.7. The number of hydrogen-bond donors (Lipinski definition) is 1. The van der Waals surface area contributed by atoms with Gasteiger partial charge in [0.15, 0.2) is 0 Å². The van der Waals surface area contributed by atoms with Crippen molar-refractivity contribution < 1.29 is 22.7 Å². The SMILES string of the molecule is COc1ccc2c(c1)C=C(c1c(C(=O)N3C4CCC3CN(C)C4)cnn1C1CCN(C)CC1)Cn1c-2c(C2CCCCC2)c2ccc(CC(=O)NS(=O)(=O)C(C)C)cc21. The molecule has 4 fully saturated rings. The lowest BCUT2D eigenvalue weighted by Gasteiger charge is -2.39. The molecule has 0 radical (unpaired) electrons. The topological polar surface area (TPSA) is 122 Å². The van der Waals surface area contributed by atoms with Gasteiger partial charge in [0.05, 0.1) is 54.5 Å². The molecular weight excluding hydrogens is 763 g/mol. The van der Waals surface area contributed by atoms with Crippen LogP contribution < -0.4 is 9.46 Å².